The predicted molar refractivity (Wildman–Crippen MR) is 46.1 cm³/mol. The van der Waals surface area contributed by atoms with Gasteiger partial charge in [-0.1, -0.05) is 24.3 Å². The molecule has 2 aliphatic rings. The van der Waals surface area contributed by atoms with E-state index in [-0.39, 0.29) is 5.41 Å². The lowest BCUT2D eigenvalue weighted by molar-refractivity contribution is 0.363. The van der Waals surface area contributed by atoms with Crippen molar-refractivity contribution in [3.63, 3.8) is 0 Å². The molecule has 0 bridgehead atoms. The second-order valence-corrected chi connectivity index (χ2v) is 3.42. The smallest absolute Gasteiger partial charge is 0.0207 e. The quantitative estimate of drug-likeness (QED) is 0.563. The van der Waals surface area contributed by atoms with Gasteiger partial charge in [0.25, 0.3) is 0 Å². The first-order chi connectivity index (χ1) is 5.37. The molecular formula is C9H14N2. The first-order valence-corrected chi connectivity index (χ1v) is 4.14. The molecule has 0 aromatic rings. The minimum Gasteiger partial charge on any atom is -0.330 e. The average molecular weight is 150 g/mol. The fourth-order valence-corrected chi connectivity index (χ4v) is 1.97. The van der Waals surface area contributed by atoms with E-state index in [9.17, 15) is 0 Å². The monoisotopic (exact) mass is 150 g/mol. The normalized spacial score (nSPS) is 41.0. The minimum atomic E-state index is 0.231. The standard InChI is InChI=1S/C9H14N2/c10-6-9-4-2-1-3-8(9)5-11-7-9/h1-4,8,11H,5-7,10H2/t8-,9+/m1/s1. The molecule has 0 aromatic heterocycles. The summed E-state index contributed by atoms with van der Waals surface area (Å²) in [6.45, 7) is 2.87. The highest BCUT2D eigenvalue weighted by Crippen LogP contribution is 2.35. The van der Waals surface area contributed by atoms with Gasteiger partial charge in [0.05, 0.1) is 0 Å². The lowest BCUT2D eigenvalue weighted by Gasteiger charge is -2.29. The van der Waals surface area contributed by atoms with E-state index >= 15 is 0 Å². The summed E-state index contributed by atoms with van der Waals surface area (Å²) in [4.78, 5) is 0. The molecule has 1 aliphatic carbocycles. The number of nitrogens with one attached hydrogen (secondary N) is 1. The van der Waals surface area contributed by atoms with E-state index in [4.69, 9.17) is 5.73 Å². The minimum absolute atomic E-state index is 0.231. The second kappa shape index (κ2) is 2.47. The van der Waals surface area contributed by atoms with Crippen LogP contribution in [0.1, 0.15) is 0 Å². The summed E-state index contributed by atoms with van der Waals surface area (Å²) >= 11 is 0. The summed E-state index contributed by atoms with van der Waals surface area (Å²) in [7, 11) is 0. The van der Waals surface area contributed by atoms with Gasteiger partial charge in [-0.25, -0.2) is 0 Å². The molecule has 1 fully saturated rings. The molecule has 60 valence electrons. The zero-order valence-electron chi connectivity index (χ0n) is 6.59. The number of allylic oxidation sites excluding steroid dienone is 2. The lowest BCUT2D eigenvalue weighted by atomic mass is 9.75. The summed E-state index contributed by atoms with van der Waals surface area (Å²) in [5.41, 5.74) is 5.98. The van der Waals surface area contributed by atoms with Crippen LogP contribution in [0.3, 0.4) is 0 Å². The highest BCUT2D eigenvalue weighted by Gasteiger charge is 2.38. The molecule has 2 heteroatoms. The molecule has 11 heavy (non-hydrogen) atoms. The highest BCUT2D eigenvalue weighted by atomic mass is 14.9. The van der Waals surface area contributed by atoms with E-state index in [1.165, 1.54) is 0 Å². The molecule has 0 unspecified atom stereocenters. The zero-order chi connectivity index (χ0) is 7.73. The van der Waals surface area contributed by atoms with Gasteiger partial charge in [-0.15, -0.1) is 0 Å². The Labute approximate surface area is 67.2 Å². The van der Waals surface area contributed by atoms with Crippen LogP contribution in [0.15, 0.2) is 24.3 Å². The van der Waals surface area contributed by atoms with E-state index in [0.717, 1.165) is 19.6 Å². The second-order valence-electron chi connectivity index (χ2n) is 3.42. The van der Waals surface area contributed by atoms with Crippen LogP contribution in [0.25, 0.3) is 0 Å². The van der Waals surface area contributed by atoms with E-state index < -0.39 is 0 Å². The highest BCUT2D eigenvalue weighted by molar-refractivity contribution is 5.23. The molecule has 2 nitrogen and oxygen atoms in total. The fraction of sp³-hybridized carbons (Fsp3) is 0.556. The lowest BCUT2D eigenvalue weighted by Crippen LogP contribution is -2.36. The molecule has 0 radical (unpaired) electrons. The predicted octanol–water partition coefficient (Wildman–Crippen LogP) is 0.277. The van der Waals surface area contributed by atoms with Crippen molar-refractivity contribution in [2.24, 2.45) is 17.1 Å². The van der Waals surface area contributed by atoms with E-state index in [1.807, 2.05) is 0 Å². The first kappa shape index (κ1) is 7.07. The molecule has 0 aromatic carbocycles. The van der Waals surface area contributed by atoms with Crippen molar-refractivity contribution in [3.8, 4) is 0 Å². The number of nitrogens with two attached hydrogens (primary N) is 1. The maximum absolute atomic E-state index is 5.75. The van der Waals surface area contributed by atoms with Crippen LogP contribution in [0.4, 0.5) is 0 Å². The Bertz CT molecular complexity index is 208. The number of hydrogen-bond donors (Lipinski definition) is 2. The van der Waals surface area contributed by atoms with Crippen molar-refractivity contribution in [1.29, 1.82) is 0 Å². The van der Waals surface area contributed by atoms with Gasteiger partial charge in [-0.2, -0.15) is 0 Å². The largest absolute Gasteiger partial charge is 0.330 e. The van der Waals surface area contributed by atoms with Crippen LogP contribution >= 0.6 is 0 Å². The summed E-state index contributed by atoms with van der Waals surface area (Å²) in [5.74, 6) is 0.623. The van der Waals surface area contributed by atoms with Crippen molar-refractivity contribution in [3.05, 3.63) is 24.3 Å². The third kappa shape index (κ3) is 0.940. The van der Waals surface area contributed by atoms with Crippen molar-refractivity contribution >= 4 is 0 Å². The molecule has 0 spiro atoms. The molecule has 1 saturated heterocycles. The molecule has 2 rings (SSSR count). The fourth-order valence-electron chi connectivity index (χ4n) is 1.97. The van der Waals surface area contributed by atoms with Gasteiger partial charge in [0.15, 0.2) is 0 Å². The van der Waals surface area contributed by atoms with Crippen LogP contribution in [0.5, 0.6) is 0 Å². The Kier molecular flexibility index (Phi) is 1.59. The molecule has 1 aliphatic heterocycles. The maximum Gasteiger partial charge on any atom is 0.0207 e. The molecule has 2 atom stereocenters. The third-order valence-electron chi connectivity index (χ3n) is 2.82. The van der Waals surface area contributed by atoms with Crippen LogP contribution in [-0.2, 0) is 0 Å². The number of rotatable bonds is 1. The van der Waals surface area contributed by atoms with Crippen molar-refractivity contribution < 1.29 is 0 Å². The summed E-state index contributed by atoms with van der Waals surface area (Å²) in [6.07, 6.45) is 8.73. The molecule has 0 saturated carbocycles. The third-order valence-corrected chi connectivity index (χ3v) is 2.82. The van der Waals surface area contributed by atoms with Crippen LogP contribution < -0.4 is 11.1 Å². The molecule has 3 N–H and O–H groups in total. The molecule has 1 heterocycles. The van der Waals surface area contributed by atoms with Crippen LogP contribution in [-0.4, -0.2) is 19.6 Å². The first-order valence-electron chi connectivity index (χ1n) is 4.14. The summed E-state index contributed by atoms with van der Waals surface area (Å²) in [6, 6.07) is 0. The van der Waals surface area contributed by atoms with Crippen molar-refractivity contribution in [2.45, 2.75) is 0 Å². The van der Waals surface area contributed by atoms with Gasteiger partial charge in [0.2, 0.25) is 0 Å². The Hall–Kier alpha value is -0.600. The van der Waals surface area contributed by atoms with E-state index in [2.05, 4.69) is 29.6 Å². The number of fused-ring (bicyclic) bond motifs is 1. The topological polar surface area (TPSA) is 38.0 Å². The van der Waals surface area contributed by atoms with Gasteiger partial charge in [-0.3, -0.25) is 0 Å². The Balaban J connectivity index is 2.28. The number of hydrogen-bond acceptors (Lipinski definition) is 2. The Morgan fingerprint density at radius 3 is 3.18 bits per heavy atom. The Morgan fingerprint density at radius 1 is 1.55 bits per heavy atom. The van der Waals surface area contributed by atoms with Crippen LogP contribution in [0.2, 0.25) is 0 Å². The van der Waals surface area contributed by atoms with Crippen molar-refractivity contribution in [1.82, 2.24) is 5.32 Å². The summed E-state index contributed by atoms with van der Waals surface area (Å²) in [5, 5.41) is 3.37. The average Bonchev–Trinajstić information content (AvgIpc) is 2.48. The van der Waals surface area contributed by atoms with E-state index in [1.54, 1.807) is 0 Å². The van der Waals surface area contributed by atoms with Crippen molar-refractivity contribution in [2.75, 3.05) is 19.6 Å². The molecule has 0 amide bonds. The van der Waals surface area contributed by atoms with Crippen LogP contribution in [0, 0.1) is 11.3 Å². The van der Waals surface area contributed by atoms with Gasteiger partial charge >= 0.3 is 0 Å². The molecular weight excluding hydrogens is 136 g/mol. The summed E-state index contributed by atoms with van der Waals surface area (Å²) < 4.78 is 0. The van der Waals surface area contributed by atoms with Gasteiger partial charge in [0, 0.05) is 31.0 Å². The van der Waals surface area contributed by atoms with E-state index in [0.29, 0.717) is 5.92 Å². The van der Waals surface area contributed by atoms with Gasteiger partial charge in [0.1, 0.15) is 0 Å². The van der Waals surface area contributed by atoms with Gasteiger partial charge < -0.3 is 11.1 Å². The Morgan fingerprint density at radius 2 is 2.45 bits per heavy atom. The van der Waals surface area contributed by atoms with Gasteiger partial charge in [-0.05, 0) is 0 Å². The SMILES string of the molecule is NC[C@]12C=CC=C[C@@H]1CNC2. The maximum atomic E-state index is 5.75. The zero-order valence-corrected chi connectivity index (χ0v) is 6.59.